The molecule has 6 nitrogen and oxygen atoms in total. The van der Waals surface area contributed by atoms with Crippen molar-refractivity contribution >= 4 is 17.9 Å². The predicted octanol–water partition coefficient (Wildman–Crippen LogP) is 4.27. The second-order valence-corrected chi connectivity index (χ2v) is 5.32. The number of carboxylic acids is 1. The fourth-order valence-corrected chi connectivity index (χ4v) is 1.85. The number of benzene rings is 2. The van der Waals surface area contributed by atoms with Crippen LogP contribution in [0.15, 0.2) is 60.7 Å². The SMILES string of the molecule is CCCCCC(=O)O.O=C(OOC(=O)c1ccccc1)c1ccccc1. The van der Waals surface area contributed by atoms with Gasteiger partial charge in [-0.25, -0.2) is 19.4 Å². The Morgan fingerprint density at radius 2 is 1.19 bits per heavy atom. The molecule has 0 heterocycles. The third-order valence-corrected chi connectivity index (χ3v) is 3.21. The van der Waals surface area contributed by atoms with E-state index in [-0.39, 0.29) is 0 Å². The van der Waals surface area contributed by atoms with E-state index in [1.165, 1.54) is 0 Å². The second kappa shape index (κ2) is 12.2. The van der Waals surface area contributed by atoms with E-state index < -0.39 is 17.9 Å². The van der Waals surface area contributed by atoms with Gasteiger partial charge in [0.15, 0.2) is 0 Å². The maximum atomic E-state index is 11.5. The minimum absolute atomic E-state index is 0.318. The summed E-state index contributed by atoms with van der Waals surface area (Å²) in [6.07, 6.45) is 3.28. The zero-order chi connectivity index (χ0) is 19.2. The van der Waals surface area contributed by atoms with Crippen LogP contribution in [0.25, 0.3) is 0 Å². The van der Waals surface area contributed by atoms with Gasteiger partial charge >= 0.3 is 17.9 Å². The third-order valence-electron chi connectivity index (χ3n) is 3.21. The van der Waals surface area contributed by atoms with E-state index in [9.17, 15) is 14.4 Å². The highest BCUT2D eigenvalue weighted by Crippen LogP contribution is 2.05. The molecule has 0 atom stereocenters. The minimum Gasteiger partial charge on any atom is -0.481 e. The molecule has 0 aliphatic rings. The number of carbonyl (C=O) groups is 3. The van der Waals surface area contributed by atoms with Crippen molar-refractivity contribution in [2.45, 2.75) is 32.6 Å². The summed E-state index contributed by atoms with van der Waals surface area (Å²) >= 11 is 0. The first-order chi connectivity index (χ1) is 12.5. The number of rotatable bonds is 6. The smallest absolute Gasteiger partial charge is 0.386 e. The molecule has 1 N–H and O–H groups in total. The van der Waals surface area contributed by atoms with Gasteiger partial charge in [-0.05, 0) is 30.7 Å². The number of hydrogen-bond donors (Lipinski definition) is 1. The number of carbonyl (C=O) groups excluding carboxylic acids is 2. The molecule has 0 aliphatic heterocycles. The average Bonchev–Trinajstić information content (AvgIpc) is 2.67. The van der Waals surface area contributed by atoms with Crippen molar-refractivity contribution in [2.24, 2.45) is 0 Å². The van der Waals surface area contributed by atoms with Gasteiger partial charge < -0.3 is 5.11 Å². The van der Waals surface area contributed by atoms with E-state index in [0.29, 0.717) is 17.5 Å². The van der Waals surface area contributed by atoms with Gasteiger partial charge in [0, 0.05) is 6.42 Å². The molecule has 0 spiro atoms. The molecule has 0 fully saturated rings. The molecule has 0 aliphatic carbocycles. The van der Waals surface area contributed by atoms with Crippen LogP contribution >= 0.6 is 0 Å². The van der Waals surface area contributed by atoms with Crippen LogP contribution in [0.1, 0.15) is 53.3 Å². The molecule has 0 saturated carbocycles. The summed E-state index contributed by atoms with van der Waals surface area (Å²) in [4.78, 5) is 41.7. The van der Waals surface area contributed by atoms with Crippen molar-refractivity contribution in [2.75, 3.05) is 0 Å². The highest BCUT2D eigenvalue weighted by atomic mass is 17.2. The second-order valence-electron chi connectivity index (χ2n) is 5.32. The van der Waals surface area contributed by atoms with Crippen LogP contribution in [0, 0.1) is 0 Å². The molecule has 138 valence electrons. The van der Waals surface area contributed by atoms with Crippen molar-refractivity contribution in [1.82, 2.24) is 0 Å². The van der Waals surface area contributed by atoms with Crippen LogP contribution in [-0.2, 0) is 14.6 Å². The summed E-state index contributed by atoms with van der Waals surface area (Å²) in [5.41, 5.74) is 0.636. The van der Waals surface area contributed by atoms with Crippen LogP contribution in [0.2, 0.25) is 0 Å². The molecule has 2 aromatic rings. The Balaban J connectivity index is 0.000000359. The van der Waals surface area contributed by atoms with Crippen molar-refractivity contribution < 1.29 is 29.3 Å². The number of unbranched alkanes of at least 4 members (excludes halogenated alkanes) is 2. The standard InChI is InChI=1S/C14H10O4.C6H12O2/c15-13(11-7-3-1-4-8-11)17-18-14(16)12-9-5-2-6-10-12;1-2-3-4-5-6(7)8/h1-10H;2-5H2,1H3,(H,7,8). The molecule has 0 bridgehead atoms. The minimum atomic E-state index is -0.708. The van der Waals surface area contributed by atoms with Crippen LogP contribution in [0.3, 0.4) is 0 Å². The maximum absolute atomic E-state index is 11.5. The monoisotopic (exact) mass is 358 g/mol. The van der Waals surface area contributed by atoms with Gasteiger partial charge in [0.05, 0.1) is 11.1 Å². The van der Waals surface area contributed by atoms with E-state index >= 15 is 0 Å². The molecular weight excluding hydrogens is 336 g/mol. The van der Waals surface area contributed by atoms with Crippen LogP contribution in [0.5, 0.6) is 0 Å². The highest BCUT2D eigenvalue weighted by Gasteiger charge is 2.12. The molecule has 26 heavy (non-hydrogen) atoms. The van der Waals surface area contributed by atoms with E-state index in [4.69, 9.17) is 5.11 Å². The molecular formula is C20H22O6. The van der Waals surface area contributed by atoms with E-state index in [2.05, 4.69) is 16.7 Å². The number of carboxylic acid groups (broad SMARTS) is 1. The molecule has 2 rings (SSSR count). The molecule has 0 aromatic heterocycles. The summed E-state index contributed by atoms with van der Waals surface area (Å²) < 4.78 is 0. The lowest BCUT2D eigenvalue weighted by atomic mass is 10.2. The van der Waals surface area contributed by atoms with Gasteiger partial charge in [-0.2, -0.15) is 0 Å². The Kier molecular flexibility index (Phi) is 9.84. The van der Waals surface area contributed by atoms with Crippen LogP contribution < -0.4 is 0 Å². The molecule has 6 heteroatoms. The van der Waals surface area contributed by atoms with Crippen molar-refractivity contribution in [3.63, 3.8) is 0 Å². The summed E-state index contributed by atoms with van der Waals surface area (Å²) in [7, 11) is 0. The largest absolute Gasteiger partial charge is 0.481 e. The Morgan fingerprint density at radius 1 is 0.769 bits per heavy atom. The normalized spacial score (nSPS) is 9.42. The molecule has 0 saturated heterocycles. The van der Waals surface area contributed by atoms with Crippen LogP contribution in [0.4, 0.5) is 0 Å². The maximum Gasteiger partial charge on any atom is 0.386 e. The average molecular weight is 358 g/mol. The summed E-state index contributed by atoms with van der Waals surface area (Å²) in [6, 6.07) is 16.6. The third kappa shape index (κ3) is 8.63. The van der Waals surface area contributed by atoms with Gasteiger partial charge in [0.2, 0.25) is 0 Å². The van der Waals surface area contributed by atoms with Gasteiger partial charge in [0.25, 0.3) is 0 Å². The van der Waals surface area contributed by atoms with E-state index in [0.717, 1.165) is 19.3 Å². The Labute approximate surface area is 152 Å². The van der Waals surface area contributed by atoms with Crippen molar-refractivity contribution in [3.05, 3.63) is 71.8 Å². The summed E-state index contributed by atoms with van der Waals surface area (Å²) in [5, 5.41) is 8.14. The quantitative estimate of drug-likeness (QED) is 0.471. The summed E-state index contributed by atoms with van der Waals surface area (Å²) in [6.45, 7) is 2.06. The zero-order valence-electron chi connectivity index (χ0n) is 14.6. The molecule has 0 unspecified atom stereocenters. The van der Waals surface area contributed by atoms with Gasteiger partial charge in [-0.15, -0.1) is 0 Å². The van der Waals surface area contributed by atoms with E-state index in [1.807, 2.05) is 0 Å². The van der Waals surface area contributed by atoms with Crippen LogP contribution in [-0.4, -0.2) is 23.0 Å². The van der Waals surface area contributed by atoms with E-state index in [1.54, 1.807) is 60.7 Å². The molecule has 0 radical (unpaired) electrons. The van der Waals surface area contributed by atoms with Gasteiger partial charge in [-0.3, -0.25) is 4.79 Å². The zero-order valence-corrected chi connectivity index (χ0v) is 14.6. The van der Waals surface area contributed by atoms with Gasteiger partial charge in [0.1, 0.15) is 0 Å². The molecule has 2 aromatic carbocycles. The van der Waals surface area contributed by atoms with Crippen molar-refractivity contribution in [1.29, 1.82) is 0 Å². The highest BCUT2D eigenvalue weighted by molar-refractivity contribution is 5.92. The first-order valence-electron chi connectivity index (χ1n) is 8.29. The lowest BCUT2D eigenvalue weighted by Gasteiger charge is -2.02. The van der Waals surface area contributed by atoms with Gasteiger partial charge in [-0.1, -0.05) is 56.2 Å². The first kappa shape index (κ1) is 20.9. The fourth-order valence-electron chi connectivity index (χ4n) is 1.85. The van der Waals surface area contributed by atoms with Crippen molar-refractivity contribution in [3.8, 4) is 0 Å². The number of aliphatic carboxylic acids is 1. The Morgan fingerprint density at radius 3 is 1.54 bits per heavy atom. The Bertz CT molecular complexity index is 630. The topological polar surface area (TPSA) is 89.9 Å². The summed E-state index contributed by atoms with van der Waals surface area (Å²) in [5.74, 6) is -2.10. The lowest BCUT2D eigenvalue weighted by Crippen LogP contribution is -2.11. The first-order valence-corrected chi connectivity index (χ1v) is 8.29. The fraction of sp³-hybridized carbons (Fsp3) is 0.250. The number of hydrogen-bond acceptors (Lipinski definition) is 5. The Hall–Kier alpha value is -3.15. The molecule has 0 amide bonds. The lowest BCUT2D eigenvalue weighted by molar-refractivity contribution is -0.187. The predicted molar refractivity (Wildman–Crippen MR) is 95.5 cm³/mol.